The Morgan fingerprint density at radius 2 is 2.08 bits per heavy atom. The van der Waals surface area contributed by atoms with Crippen LogP contribution < -0.4 is 16.1 Å². The maximum atomic E-state index is 12.3. The quantitative estimate of drug-likeness (QED) is 0.802. The number of primary amides is 1. The Morgan fingerprint density at radius 1 is 1.33 bits per heavy atom. The Kier molecular flexibility index (Phi) is 4.23. The fourth-order valence-corrected chi connectivity index (χ4v) is 2.35. The lowest BCUT2D eigenvalue weighted by Crippen LogP contribution is -2.39. The molecule has 1 aliphatic rings. The van der Waals surface area contributed by atoms with Gasteiger partial charge in [0, 0.05) is 13.3 Å². The van der Waals surface area contributed by atoms with Crippen molar-refractivity contribution >= 4 is 23.2 Å². The van der Waals surface area contributed by atoms with Gasteiger partial charge in [-0.2, -0.15) is 5.10 Å². The van der Waals surface area contributed by atoms with E-state index >= 15 is 0 Å². The molecule has 0 saturated carbocycles. The summed E-state index contributed by atoms with van der Waals surface area (Å²) >= 11 is 0. The third-order valence-corrected chi connectivity index (χ3v) is 3.49. The van der Waals surface area contributed by atoms with Crippen molar-refractivity contribution in [3.63, 3.8) is 0 Å². The monoisotopic (exact) mass is 328 g/mol. The Hall–Kier alpha value is -3.23. The highest BCUT2D eigenvalue weighted by atomic mass is 16.4. The molecule has 9 heteroatoms. The molecule has 1 aromatic heterocycles. The van der Waals surface area contributed by atoms with Crippen LogP contribution in [0.5, 0.6) is 0 Å². The van der Waals surface area contributed by atoms with Crippen LogP contribution in [0.25, 0.3) is 0 Å². The summed E-state index contributed by atoms with van der Waals surface area (Å²) in [7, 11) is 0. The smallest absolute Gasteiger partial charge is 0.268 e. The maximum absolute atomic E-state index is 12.3. The first kappa shape index (κ1) is 15.7. The minimum absolute atomic E-state index is 0.0886. The highest BCUT2D eigenvalue weighted by Gasteiger charge is 2.34. The van der Waals surface area contributed by atoms with E-state index in [1.807, 2.05) is 18.2 Å². The minimum atomic E-state index is -0.696. The first-order valence-electron chi connectivity index (χ1n) is 7.33. The maximum Gasteiger partial charge on any atom is 0.268 e. The number of hydrazone groups is 1. The topological polar surface area (TPSA) is 127 Å². The number of rotatable bonds is 5. The molecule has 0 radical (unpaired) electrons. The molecule has 9 nitrogen and oxygen atoms in total. The Labute approximate surface area is 137 Å². The Bertz CT molecular complexity index is 786. The van der Waals surface area contributed by atoms with Crippen molar-refractivity contribution in [2.24, 2.45) is 10.8 Å². The van der Waals surface area contributed by atoms with E-state index < -0.39 is 17.9 Å². The zero-order chi connectivity index (χ0) is 17.1. The van der Waals surface area contributed by atoms with Gasteiger partial charge in [-0.1, -0.05) is 18.2 Å². The number of para-hydroxylation sites is 1. The van der Waals surface area contributed by atoms with Crippen molar-refractivity contribution in [3.05, 3.63) is 42.1 Å². The normalized spacial score (nSPS) is 16.8. The minimum Gasteiger partial charge on any atom is -0.424 e. The van der Waals surface area contributed by atoms with Crippen molar-refractivity contribution in [3.8, 4) is 0 Å². The Morgan fingerprint density at radius 3 is 2.71 bits per heavy atom. The first-order valence-corrected chi connectivity index (χ1v) is 7.33. The van der Waals surface area contributed by atoms with E-state index in [1.165, 1.54) is 5.01 Å². The lowest BCUT2D eigenvalue weighted by Gasteiger charge is -2.20. The van der Waals surface area contributed by atoms with Crippen LogP contribution in [0.15, 0.2) is 39.9 Å². The van der Waals surface area contributed by atoms with Crippen LogP contribution in [0.2, 0.25) is 0 Å². The molecule has 24 heavy (non-hydrogen) atoms. The van der Waals surface area contributed by atoms with E-state index in [0.717, 1.165) is 0 Å². The zero-order valence-corrected chi connectivity index (χ0v) is 13.0. The molecule has 0 bridgehead atoms. The highest BCUT2D eigenvalue weighted by Crippen LogP contribution is 2.24. The van der Waals surface area contributed by atoms with Crippen LogP contribution in [0.3, 0.4) is 0 Å². The summed E-state index contributed by atoms with van der Waals surface area (Å²) in [6.07, 6.45) is 0.138. The van der Waals surface area contributed by atoms with Crippen LogP contribution in [0.4, 0.5) is 5.69 Å². The second kappa shape index (κ2) is 6.49. The van der Waals surface area contributed by atoms with E-state index in [-0.39, 0.29) is 18.7 Å². The average Bonchev–Trinajstić information content (AvgIpc) is 3.20. The largest absolute Gasteiger partial charge is 0.424 e. The van der Waals surface area contributed by atoms with E-state index in [1.54, 1.807) is 19.1 Å². The van der Waals surface area contributed by atoms with Gasteiger partial charge in [0.25, 0.3) is 5.91 Å². The number of nitrogens with one attached hydrogen (secondary N) is 1. The molecule has 1 aliphatic heterocycles. The average molecular weight is 328 g/mol. The fraction of sp³-hybridized carbons (Fsp3) is 0.267. The van der Waals surface area contributed by atoms with E-state index in [9.17, 15) is 9.59 Å². The van der Waals surface area contributed by atoms with Crippen molar-refractivity contribution in [2.75, 3.05) is 5.01 Å². The van der Waals surface area contributed by atoms with E-state index in [4.69, 9.17) is 10.2 Å². The van der Waals surface area contributed by atoms with Crippen LogP contribution in [-0.4, -0.2) is 33.8 Å². The number of benzene rings is 1. The molecule has 0 spiro atoms. The summed E-state index contributed by atoms with van der Waals surface area (Å²) in [6, 6.07) is 8.38. The van der Waals surface area contributed by atoms with Crippen LogP contribution >= 0.6 is 0 Å². The van der Waals surface area contributed by atoms with Crippen molar-refractivity contribution < 1.29 is 14.0 Å². The van der Waals surface area contributed by atoms with Gasteiger partial charge in [0.1, 0.15) is 11.8 Å². The summed E-state index contributed by atoms with van der Waals surface area (Å²) < 4.78 is 5.18. The number of aromatic nitrogens is 2. The second-order valence-corrected chi connectivity index (χ2v) is 5.25. The number of aryl methyl sites for hydroxylation is 1. The molecule has 3 rings (SSSR count). The summed E-state index contributed by atoms with van der Waals surface area (Å²) in [5.41, 5.74) is 6.35. The Balaban J connectivity index is 1.72. The fourth-order valence-electron chi connectivity index (χ4n) is 2.35. The molecule has 3 N–H and O–H groups in total. The number of hydrogen-bond acceptors (Lipinski definition) is 7. The third-order valence-electron chi connectivity index (χ3n) is 3.49. The van der Waals surface area contributed by atoms with Gasteiger partial charge in [0.05, 0.1) is 12.2 Å². The van der Waals surface area contributed by atoms with Gasteiger partial charge in [0.2, 0.25) is 17.7 Å². The summed E-state index contributed by atoms with van der Waals surface area (Å²) in [6.45, 7) is 1.75. The van der Waals surface area contributed by atoms with Gasteiger partial charge in [-0.3, -0.25) is 14.6 Å². The van der Waals surface area contributed by atoms with Crippen molar-refractivity contribution in [1.82, 2.24) is 15.5 Å². The predicted octanol–water partition coefficient (Wildman–Crippen LogP) is 0.114. The zero-order valence-electron chi connectivity index (χ0n) is 13.0. The summed E-state index contributed by atoms with van der Waals surface area (Å²) in [5.74, 6) is -0.235. The highest BCUT2D eigenvalue weighted by molar-refractivity contribution is 6.40. The van der Waals surface area contributed by atoms with Gasteiger partial charge in [-0.05, 0) is 12.1 Å². The molecular weight excluding hydrogens is 312 g/mol. The molecule has 0 fully saturated rings. The number of nitrogens with two attached hydrogens (primary N) is 1. The van der Waals surface area contributed by atoms with Gasteiger partial charge >= 0.3 is 0 Å². The molecule has 124 valence electrons. The number of carbonyl (C=O) groups excluding carboxylic acids is 2. The van der Waals surface area contributed by atoms with Crippen LogP contribution in [0, 0.1) is 6.92 Å². The van der Waals surface area contributed by atoms with Crippen LogP contribution in [0.1, 0.15) is 18.2 Å². The molecular formula is C15H16N6O3. The number of anilines is 1. The molecule has 1 atom stereocenters. The van der Waals surface area contributed by atoms with E-state index in [0.29, 0.717) is 17.5 Å². The van der Waals surface area contributed by atoms with Crippen molar-refractivity contribution in [1.29, 1.82) is 0 Å². The van der Waals surface area contributed by atoms with Gasteiger partial charge in [-0.25, -0.2) is 0 Å². The molecule has 2 aromatic rings. The lowest BCUT2D eigenvalue weighted by atomic mass is 10.1. The molecule has 1 aromatic carbocycles. The SMILES string of the molecule is Cc1nnc(CNC(=O)C2=NN(c3ccccc3)[C@H](C(N)=O)C2)o1. The van der Waals surface area contributed by atoms with Gasteiger partial charge < -0.3 is 15.5 Å². The van der Waals surface area contributed by atoms with Crippen molar-refractivity contribution in [2.45, 2.75) is 25.9 Å². The number of carbonyl (C=O) groups is 2. The molecule has 0 aliphatic carbocycles. The third kappa shape index (κ3) is 3.24. The standard InChI is InChI=1S/C15H16N6O3/c1-9-18-19-13(24-9)8-17-15(23)11-7-12(14(16)22)21(20-11)10-5-3-2-4-6-10/h2-6,12H,7-8H2,1H3,(H2,16,22)(H,17,23)/t12-/m0/s1. The second-order valence-electron chi connectivity index (χ2n) is 5.25. The molecule has 0 unspecified atom stereocenters. The summed E-state index contributed by atoms with van der Waals surface area (Å²) in [5, 5.41) is 15.8. The van der Waals surface area contributed by atoms with Gasteiger partial charge in [-0.15, -0.1) is 10.2 Å². The van der Waals surface area contributed by atoms with E-state index in [2.05, 4.69) is 20.6 Å². The molecule has 2 heterocycles. The number of hydrogen-bond donors (Lipinski definition) is 2. The molecule has 2 amide bonds. The number of amides is 2. The van der Waals surface area contributed by atoms with Gasteiger partial charge in [0.15, 0.2) is 0 Å². The predicted molar refractivity (Wildman–Crippen MR) is 84.8 cm³/mol. The lowest BCUT2D eigenvalue weighted by molar-refractivity contribution is -0.119. The van der Waals surface area contributed by atoms with Crippen LogP contribution in [-0.2, 0) is 16.1 Å². The number of nitrogens with zero attached hydrogens (tertiary/aromatic N) is 4. The summed E-state index contributed by atoms with van der Waals surface area (Å²) in [4.78, 5) is 23.9. The first-order chi connectivity index (χ1) is 11.5. The molecule has 0 saturated heterocycles.